The zero-order valence-electron chi connectivity index (χ0n) is 18.1. The molecule has 1 aromatic carbocycles. The Bertz CT molecular complexity index is 1060. The first-order chi connectivity index (χ1) is 15.7. The number of hydrogen-bond donors (Lipinski definition) is 0. The Balaban J connectivity index is 1.18. The van der Waals surface area contributed by atoms with Gasteiger partial charge in [-0.05, 0) is 29.8 Å². The summed E-state index contributed by atoms with van der Waals surface area (Å²) in [4.78, 5) is 20.8. The van der Waals surface area contributed by atoms with Crippen molar-refractivity contribution in [2.45, 2.75) is 25.8 Å². The van der Waals surface area contributed by atoms with E-state index in [9.17, 15) is 4.79 Å². The summed E-state index contributed by atoms with van der Waals surface area (Å²) in [6, 6.07) is 11.5. The van der Waals surface area contributed by atoms with Crippen molar-refractivity contribution in [2.75, 3.05) is 33.3 Å². The number of amides is 1. The highest BCUT2D eigenvalue weighted by Gasteiger charge is 2.27. The lowest BCUT2D eigenvalue weighted by Gasteiger charge is -2.34. The first kappa shape index (κ1) is 20.6. The molecule has 0 radical (unpaired) electrons. The van der Waals surface area contributed by atoms with Crippen LogP contribution in [0, 0.1) is 0 Å². The van der Waals surface area contributed by atoms with Crippen molar-refractivity contribution in [3.8, 4) is 5.75 Å². The highest BCUT2D eigenvalue weighted by atomic mass is 16.5. The molecule has 0 unspecified atom stereocenters. The maximum Gasteiger partial charge on any atom is 0.254 e. The van der Waals surface area contributed by atoms with Crippen molar-refractivity contribution in [3.63, 3.8) is 0 Å². The molecule has 2 aliphatic heterocycles. The summed E-state index contributed by atoms with van der Waals surface area (Å²) >= 11 is 0. The van der Waals surface area contributed by atoms with Crippen LogP contribution in [0.2, 0.25) is 0 Å². The molecule has 0 aliphatic carbocycles. The number of hydrogen-bond acceptors (Lipinski definition) is 7. The Hall–Kier alpha value is -3.30. The van der Waals surface area contributed by atoms with Crippen LogP contribution in [0.3, 0.4) is 0 Å². The van der Waals surface area contributed by atoms with Gasteiger partial charge >= 0.3 is 0 Å². The molecule has 1 fully saturated rings. The average molecular weight is 435 g/mol. The zero-order valence-corrected chi connectivity index (χ0v) is 18.1. The Morgan fingerprint density at radius 3 is 2.56 bits per heavy atom. The second-order valence-electron chi connectivity index (χ2n) is 8.04. The number of benzene rings is 1. The van der Waals surface area contributed by atoms with Crippen molar-refractivity contribution in [1.29, 1.82) is 0 Å². The van der Waals surface area contributed by atoms with Gasteiger partial charge in [-0.3, -0.25) is 14.7 Å². The number of fused-ring (bicyclic) bond motifs is 1. The molecular weight excluding hydrogens is 408 g/mol. The second kappa shape index (κ2) is 9.05. The molecule has 0 spiro atoms. The fourth-order valence-corrected chi connectivity index (χ4v) is 4.20. The lowest BCUT2D eigenvalue weighted by atomic mass is 10.1. The predicted molar refractivity (Wildman–Crippen MR) is 116 cm³/mol. The van der Waals surface area contributed by atoms with Crippen LogP contribution in [0.25, 0.3) is 0 Å². The van der Waals surface area contributed by atoms with E-state index in [4.69, 9.17) is 9.47 Å². The van der Waals surface area contributed by atoms with Gasteiger partial charge in [-0.15, -0.1) is 5.10 Å². The van der Waals surface area contributed by atoms with Crippen molar-refractivity contribution in [2.24, 2.45) is 0 Å². The van der Waals surface area contributed by atoms with Crippen LogP contribution in [0.15, 0.2) is 48.8 Å². The molecule has 32 heavy (non-hydrogen) atoms. The topological polar surface area (TPSA) is 85.6 Å². The number of piperazine rings is 1. The summed E-state index contributed by atoms with van der Waals surface area (Å²) in [7, 11) is 1.66. The van der Waals surface area contributed by atoms with Gasteiger partial charge in [0.05, 0.1) is 26.0 Å². The van der Waals surface area contributed by atoms with Crippen LogP contribution in [0.5, 0.6) is 5.75 Å². The Morgan fingerprint density at radius 1 is 1.09 bits per heavy atom. The molecule has 3 aromatic rings. The Morgan fingerprint density at radius 2 is 1.84 bits per heavy atom. The van der Waals surface area contributed by atoms with Gasteiger partial charge in [-0.25, -0.2) is 4.68 Å². The van der Waals surface area contributed by atoms with Crippen LogP contribution in [-0.4, -0.2) is 69.0 Å². The summed E-state index contributed by atoms with van der Waals surface area (Å²) in [6.07, 6.45) is 3.25. The zero-order chi connectivity index (χ0) is 21.9. The number of rotatable bonds is 5. The van der Waals surface area contributed by atoms with Gasteiger partial charge in [-0.2, -0.15) is 0 Å². The van der Waals surface area contributed by atoms with E-state index >= 15 is 0 Å². The van der Waals surface area contributed by atoms with E-state index in [-0.39, 0.29) is 12.0 Å². The third kappa shape index (κ3) is 4.21. The monoisotopic (exact) mass is 434 g/mol. The second-order valence-corrected chi connectivity index (χ2v) is 8.04. The molecule has 166 valence electrons. The highest BCUT2D eigenvalue weighted by Crippen LogP contribution is 2.28. The normalized spacial score (nSPS) is 18.9. The fourth-order valence-electron chi connectivity index (χ4n) is 4.20. The molecule has 1 saturated heterocycles. The number of methoxy groups -OCH3 is 1. The number of pyridine rings is 1. The van der Waals surface area contributed by atoms with E-state index in [2.05, 4.69) is 20.2 Å². The molecule has 0 bridgehead atoms. The quantitative estimate of drug-likeness (QED) is 0.606. The molecule has 0 N–H and O–H groups in total. The summed E-state index contributed by atoms with van der Waals surface area (Å²) in [6.45, 7) is 4.84. The third-order valence-corrected chi connectivity index (χ3v) is 6.13. The Labute approximate surface area is 186 Å². The number of nitrogens with zero attached hydrogens (tertiary/aromatic N) is 6. The molecule has 0 saturated carbocycles. The average Bonchev–Trinajstić information content (AvgIpc) is 3.26. The van der Waals surface area contributed by atoms with E-state index in [1.54, 1.807) is 31.6 Å². The maximum absolute atomic E-state index is 12.6. The molecule has 2 aromatic heterocycles. The van der Waals surface area contributed by atoms with Crippen LogP contribution in [0.1, 0.15) is 33.4 Å². The molecule has 9 heteroatoms. The smallest absolute Gasteiger partial charge is 0.254 e. The SMILES string of the molecule is COc1ccc([C@H]2Cn3nnc(CN4CCN(C(=O)c5ccncc5)CC4)c3CO2)cc1. The minimum atomic E-state index is -0.0503. The lowest BCUT2D eigenvalue weighted by Crippen LogP contribution is -2.48. The van der Waals surface area contributed by atoms with Crippen LogP contribution in [0.4, 0.5) is 0 Å². The molecule has 2 aliphatic rings. The van der Waals surface area contributed by atoms with Crippen LogP contribution < -0.4 is 4.74 Å². The van der Waals surface area contributed by atoms with Gasteiger partial charge in [0.25, 0.3) is 5.91 Å². The minimum absolute atomic E-state index is 0.0503. The maximum atomic E-state index is 12.6. The van der Waals surface area contributed by atoms with Crippen LogP contribution in [-0.2, 0) is 24.4 Å². The van der Waals surface area contributed by atoms with Gasteiger partial charge < -0.3 is 14.4 Å². The predicted octanol–water partition coefficient (Wildman–Crippen LogP) is 1.91. The van der Waals surface area contributed by atoms with Gasteiger partial charge in [0.1, 0.15) is 17.5 Å². The molecule has 1 atom stereocenters. The fraction of sp³-hybridized carbons (Fsp3) is 0.391. The van der Waals surface area contributed by atoms with E-state index in [1.165, 1.54) is 0 Å². The van der Waals surface area contributed by atoms with Gasteiger partial charge in [0, 0.05) is 50.7 Å². The number of carbonyl (C=O) groups is 1. The largest absolute Gasteiger partial charge is 0.497 e. The molecular formula is C23H26N6O3. The number of aromatic nitrogens is 4. The number of carbonyl (C=O) groups excluding carboxylic acids is 1. The summed E-state index contributed by atoms with van der Waals surface area (Å²) in [5.41, 5.74) is 3.77. The van der Waals surface area contributed by atoms with E-state index in [1.807, 2.05) is 33.8 Å². The molecule has 1 amide bonds. The van der Waals surface area contributed by atoms with Crippen molar-refractivity contribution in [1.82, 2.24) is 29.8 Å². The summed E-state index contributed by atoms with van der Waals surface area (Å²) in [5.74, 6) is 0.891. The molecule has 9 nitrogen and oxygen atoms in total. The van der Waals surface area contributed by atoms with E-state index < -0.39 is 0 Å². The van der Waals surface area contributed by atoms with Gasteiger partial charge in [-0.1, -0.05) is 17.3 Å². The highest BCUT2D eigenvalue weighted by molar-refractivity contribution is 5.94. The first-order valence-corrected chi connectivity index (χ1v) is 10.8. The molecule has 5 rings (SSSR count). The first-order valence-electron chi connectivity index (χ1n) is 10.8. The van der Waals surface area contributed by atoms with E-state index in [0.29, 0.717) is 38.3 Å². The summed E-state index contributed by atoms with van der Waals surface area (Å²) in [5, 5.41) is 8.81. The Kier molecular flexibility index (Phi) is 5.83. The van der Waals surface area contributed by atoms with Crippen molar-refractivity contribution < 1.29 is 14.3 Å². The number of ether oxygens (including phenoxy) is 2. The third-order valence-electron chi connectivity index (χ3n) is 6.13. The van der Waals surface area contributed by atoms with Crippen molar-refractivity contribution in [3.05, 3.63) is 71.3 Å². The minimum Gasteiger partial charge on any atom is -0.497 e. The van der Waals surface area contributed by atoms with Crippen molar-refractivity contribution >= 4 is 5.91 Å². The lowest BCUT2D eigenvalue weighted by molar-refractivity contribution is -0.00223. The van der Waals surface area contributed by atoms with Gasteiger partial charge in [0.15, 0.2) is 0 Å². The standard InChI is InChI=1S/C23H26N6O3/c1-31-19-4-2-17(3-5-19)22-15-29-21(16-32-22)20(25-26-29)14-27-10-12-28(13-11-27)23(30)18-6-8-24-9-7-18/h2-9,22H,10-16H2,1H3/t22-/m1/s1. The summed E-state index contributed by atoms with van der Waals surface area (Å²) < 4.78 is 13.3. The van der Waals surface area contributed by atoms with Gasteiger partial charge in [0.2, 0.25) is 0 Å². The van der Waals surface area contributed by atoms with Crippen LogP contribution >= 0.6 is 0 Å². The van der Waals surface area contributed by atoms with E-state index in [0.717, 1.165) is 35.8 Å². The molecule has 4 heterocycles.